The first-order valence-corrected chi connectivity index (χ1v) is 13.5. The molecule has 0 aliphatic carbocycles. The summed E-state index contributed by atoms with van der Waals surface area (Å²) in [5.74, 6) is 1.35. The largest absolute Gasteiger partial charge is 0.497 e. The molecule has 1 radical (unpaired) electrons. The van der Waals surface area contributed by atoms with Crippen LogP contribution in [0.1, 0.15) is 6.92 Å². The molecule has 1 aromatic heterocycles. The fourth-order valence-corrected chi connectivity index (χ4v) is 4.69. The molecule has 0 bridgehead atoms. The average Bonchev–Trinajstić information content (AvgIpc) is 2.92. The molecule has 0 aliphatic rings. The summed E-state index contributed by atoms with van der Waals surface area (Å²) in [6.45, 7) is 5.99. The molecule has 203 valence electrons. The molecular formula is C28H31N6O4S. The summed E-state index contributed by atoms with van der Waals surface area (Å²) in [7, 11) is 2.88. The van der Waals surface area contributed by atoms with Gasteiger partial charge >= 0.3 is 0 Å². The van der Waals surface area contributed by atoms with Gasteiger partial charge in [0.25, 0.3) is 10.0 Å². The van der Waals surface area contributed by atoms with Crippen LogP contribution in [0.5, 0.6) is 11.5 Å². The van der Waals surface area contributed by atoms with Gasteiger partial charge in [-0.15, -0.1) is 0 Å². The van der Waals surface area contributed by atoms with E-state index >= 15 is 0 Å². The number of aliphatic imine (C=N–C) groups is 1. The van der Waals surface area contributed by atoms with Crippen molar-refractivity contribution in [2.75, 3.05) is 38.4 Å². The lowest BCUT2D eigenvalue weighted by Gasteiger charge is -2.19. The summed E-state index contributed by atoms with van der Waals surface area (Å²) in [5, 5.41) is 3.15. The SMILES string of the molecule is [CH2]C(=Nc1cccc(S(=O)(=O)Nc2nc3ccccc3nc2Nc2cc(OC)cc(OC)c2)c1)C(C)N(C)C. The van der Waals surface area contributed by atoms with Gasteiger partial charge in [0.15, 0.2) is 11.6 Å². The summed E-state index contributed by atoms with van der Waals surface area (Å²) in [4.78, 5) is 15.7. The first kappa shape index (κ1) is 27.8. The number of nitrogens with one attached hydrogen (secondary N) is 2. The molecule has 10 nitrogen and oxygen atoms in total. The molecule has 0 fully saturated rings. The van der Waals surface area contributed by atoms with Crippen LogP contribution in [0.2, 0.25) is 0 Å². The molecule has 4 aromatic rings. The highest BCUT2D eigenvalue weighted by Crippen LogP contribution is 2.31. The molecule has 0 amide bonds. The molecular weight excluding hydrogens is 516 g/mol. The third-order valence-corrected chi connectivity index (χ3v) is 7.41. The number of fused-ring (bicyclic) bond motifs is 1. The van der Waals surface area contributed by atoms with E-state index in [0.29, 0.717) is 39.6 Å². The van der Waals surface area contributed by atoms with Crippen molar-refractivity contribution in [2.45, 2.75) is 17.9 Å². The minimum atomic E-state index is -4.06. The van der Waals surface area contributed by atoms with Crippen molar-refractivity contribution in [1.29, 1.82) is 0 Å². The maximum atomic E-state index is 13.5. The van der Waals surface area contributed by atoms with Crippen molar-refractivity contribution in [1.82, 2.24) is 14.9 Å². The summed E-state index contributed by atoms with van der Waals surface area (Å²) in [5.41, 5.74) is 2.78. The first-order valence-electron chi connectivity index (χ1n) is 12.1. The Hall–Kier alpha value is -4.22. The van der Waals surface area contributed by atoms with E-state index in [0.717, 1.165) is 0 Å². The topological polar surface area (TPSA) is 118 Å². The molecule has 0 saturated carbocycles. The Balaban J connectivity index is 1.73. The van der Waals surface area contributed by atoms with Gasteiger partial charge < -0.3 is 19.7 Å². The lowest BCUT2D eigenvalue weighted by Crippen LogP contribution is -2.31. The number of rotatable bonds is 10. The summed E-state index contributed by atoms with van der Waals surface area (Å²) in [6, 6.07) is 18.7. The second-order valence-corrected chi connectivity index (χ2v) is 10.7. The molecule has 1 unspecified atom stereocenters. The zero-order valence-electron chi connectivity index (χ0n) is 22.5. The fourth-order valence-electron chi connectivity index (χ4n) is 3.64. The van der Waals surface area contributed by atoms with Crippen LogP contribution < -0.4 is 19.5 Å². The minimum Gasteiger partial charge on any atom is -0.497 e. The van der Waals surface area contributed by atoms with E-state index in [1.54, 1.807) is 56.7 Å². The van der Waals surface area contributed by atoms with E-state index in [2.05, 4.69) is 31.9 Å². The maximum Gasteiger partial charge on any atom is 0.263 e. The lowest BCUT2D eigenvalue weighted by molar-refractivity contribution is 0.382. The van der Waals surface area contributed by atoms with Crippen molar-refractivity contribution in [2.24, 2.45) is 4.99 Å². The van der Waals surface area contributed by atoms with Crippen LogP contribution >= 0.6 is 0 Å². The number of hydrogen-bond acceptors (Lipinski definition) is 9. The molecule has 39 heavy (non-hydrogen) atoms. The molecule has 1 heterocycles. The van der Waals surface area contributed by atoms with E-state index in [-0.39, 0.29) is 22.6 Å². The van der Waals surface area contributed by atoms with Crippen molar-refractivity contribution in [3.63, 3.8) is 0 Å². The van der Waals surface area contributed by atoms with Crippen molar-refractivity contribution < 1.29 is 17.9 Å². The van der Waals surface area contributed by atoms with Gasteiger partial charge in [0, 0.05) is 35.6 Å². The number of aromatic nitrogens is 2. The monoisotopic (exact) mass is 547 g/mol. The molecule has 3 aromatic carbocycles. The number of para-hydroxylation sites is 2. The Morgan fingerprint density at radius 3 is 2.13 bits per heavy atom. The molecule has 0 aliphatic heterocycles. The third kappa shape index (κ3) is 6.62. The van der Waals surface area contributed by atoms with Gasteiger partial charge in [-0.3, -0.25) is 9.71 Å². The van der Waals surface area contributed by atoms with Crippen LogP contribution in [0.25, 0.3) is 11.0 Å². The summed E-state index contributed by atoms with van der Waals surface area (Å²) in [6.07, 6.45) is 0. The number of anilines is 3. The van der Waals surface area contributed by atoms with E-state index < -0.39 is 10.0 Å². The predicted octanol–water partition coefficient (Wildman–Crippen LogP) is 5.05. The molecule has 0 spiro atoms. The van der Waals surface area contributed by atoms with Crippen LogP contribution in [-0.4, -0.2) is 63.4 Å². The van der Waals surface area contributed by atoms with Crippen molar-refractivity contribution in [3.05, 3.63) is 73.7 Å². The van der Waals surface area contributed by atoms with Gasteiger partial charge in [0.05, 0.1) is 35.8 Å². The minimum absolute atomic E-state index is 0.0138. The average molecular weight is 548 g/mol. The second kappa shape index (κ2) is 11.7. The van der Waals surface area contributed by atoms with E-state index in [1.165, 1.54) is 12.1 Å². The molecule has 1 atom stereocenters. The van der Waals surface area contributed by atoms with Crippen LogP contribution in [0, 0.1) is 6.92 Å². The number of methoxy groups -OCH3 is 2. The Morgan fingerprint density at radius 1 is 0.923 bits per heavy atom. The van der Waals surface area contributed by atoms with Gasteiger partial charge in [0.2, 0.25) is 0 Å². The van der Waals surface area contributed by atoms with Crippen LogP contribution in [0.4, 0.5) is 23.0 Å². The zero-order chi connectivity index (χ0) is 28.2. The number of benzene rings is 3. The fraction of sp³-hybridized carbons (Fsp3) is 0.214. The van der Waals surface area contributed by atoms with E-state index in [9.17, 15) is 8.42 Å². The zero-order valence-corrected chi connectivity index (χ0v) is 23.3. The van der Waals surface area contributed by atoms with Gasteiger partial charge in [0.1, 0.15) is 11.5 Å². The molecule has 2 N–H and O–H groups in total. The molecule has 11 heteroatoms. The molecule has 4 rings (SSSR count). The number of sulfonamides is 1. The normalized spacial score (nSPS) is 12.8. The van der Waals surface area contributed by atoms with Crippen LogP contribution in [-0.2, 0) is 10.0 Å². The third-order valence-electron chi connectivity index (χ3n) is 6.07. The highest BCUT2D eigenvalue weighted by atomic mass is 32.2. The van der Waals surface area contributed by atoms with Crippen molar-refractivity contribution >= 4 is 49.8 Å². The highest BCUT2D eigenvalue weighted by molar-refractivity contribution is 7.92. The van der Waals surface area contributed by atoms with E-state index in [4.69, 9.17) is 9.47 Å². The smallest absolute Gasteiger partial charge is 0.263 e. The van der Waals surface area contributed by atoms with Crippen LogP contribution in [0.3, 0.4) is 0 Å². The highest BCUT2D eigenvalue weighted by Gasteiger charge is 2.20. The van der Waals surface area contributed by atoms with Gasteiger partial charge in [-0.1, -0.05) is 18.2 Å². The van der Waals surface area contributed by atoms with Gasteiger partial charge in [-0.05, 0) is 58.3 Å². The Morgan fingerprint density at radius 2 is 1.54 bits per heavy atom. The standard InChI is InChI=1S/C28H31N6O4S/c1-18(19(2)34(3)4)29-20-10-9-11-24(16-20)39(35,36)33-28-27(31-25-12-7-8-13-26(25)32-28)30-21-14-22(37-5)17-23(15-21)38-6/h7-17,19H,1H2,2-6H3,(H,30,31)(H,32,33). The van der Waals surface area contributed by atoms with Gasteiger partial charge in [-0.2, -0.15) is 0 Å². The summed E-state index contributed by atoms with van der Waals surface area (Å²) >= 11 is 0. The second-order valence-electron chi connectivity index (χ2n) is 8.98. The van der Waals surface area contributed by atoms with E-state index in [1.807, 2.05) is 38.1 Å². The first-order chi connectivity index (χ1) is 18.6. The quantitative estimate of drug-likeness (QED) is 0.265. The predicted molar refractivity (Wildman–Crippen MR) is 155 cm³/mol. The number of ether oxygens (including phenoxy) is 2. The lowest BCUT2D eigenvalue weighted by atomic mass is 10.2. The van der Waals surface area contributed by atoms with Crippen LogP contribution in [0.15, 0.2) is 76.6 Å². The Bertz CT molecular complexity index is 1600. The molecule has 0 saturated heterocycles. The maximum absolute atomic E-state index is 13.5. The van der Waals surface area contributed by atoms with Gasteiger partial charge in [-0.25, -0.2) is 18.4 Å². The van der Waals surface area contributed by atoms with Crippen molar-refractivity contribution in [3.8, 4) is 11.5 Å². The number of nitrogens with zero attached hydrogens (tertiary/aromatic N) is 4. The Labute approximate surface area is 228 Å². The Kier molecular flexibility index (Phi) is 8.32. The summed E-state index contributed by atoms with van der Waals surface area (Å²) < 4.78 is 40.3. The number of hydrogen-bond donors (Lipinski definition) is 2.